The maximum Gasteiger partial charge on any atom is 0.250 e. The van der Waals surface area contributed by atoms with E-state index < -0.39 is 0 Å². The summed E-state index contributed by atoms with van der Waals surface area (Å²) < 4.78 is 5.33. The maximum absolute atomic E-state index is 12.1. The van der Waals surface area contributed by atoms with Crippen molar-refractivity contribution in [3.63, 3.8) is 0 Å². The van der Waals surface area contributed by atoms with Gasteiger partial charge in [0.1, 0.15) is 0 Å². The topological polar surface area (TPSA) is 83.8 Å². The van der Waals surface area contributed by atoms with Crippen LogP contribution in [-0.2, 0) is 4.79 Å². The van der Waals surface area contributed by atoms with Crippen molar-refractivity contribution in [2.24, 2.45) is 5.10 Å². The van der Waals surface area contributed by atoms with Crippen molar-refractivity contribution in [1.82, 2.24) is 10.4 Å². The predicted octanol–water partition coefficient (Wildman–Crippen LogP) is 4.20. The number of nitrogens with one attached hydrogen (secondary N) is 1. The number of hydrogen-bond donors (Lipinski definition) is 2. The van der Waals surface area contributed by atoms with E-state index in [4.69, 9.17) is 4.74 Å². The van der Waals surface area contributed by atoms with Crippen molar-refractivity contribution in [1.29, 1.82) is 0 Å². The molecular weight excluding hydrogens is 386 g/mol. The summed E-state index contributed by atoms with van der Waals surface area (Å²) in [7, 11) is 0. The lowest BCUT2D eigenvalue weighted by Gasteiger charge is -2.08. The number of amides is 1. The van der Waals surface area contributed by atoms with Gasteiger partial charge in [-0.2, -0.15) is 5.10 Å². The molecule has 2 N–H and O–H groups in total. The van der Waals surface area contributed by atoms with Crippen LogP contribution in [0.2, 0.25) is 0 Å². The molecular formula is C22H23N3O3S. The summed E-state index contributed by atoms with van der Waals surface area (Å²) in [5, 5.41) is 15.6. The number of thioether (sulfide) groups is 1. The fourth-order valence-electron chi connectivity index (χ4n) is 2.84. The van der Waals surface area contributed by atoms with Crippen LogP contribution in [0.25, 0.3) is 10.9 Å². The summed E-state index contributed by atoms with van der Waals surface area (Å²) in [6, 6.07) is 13.0. The number of carbonyl (C=O) groups is 1. The number of aromatic hydroxyl groups is 1. The molecule has 0 atom stereocenters. The van der Waals surface area contributed by atoms with Crippen LogP contribution in [0.5, 0.6) is 11.5 Å². The average Bonchev–Trinajstić information content (AvgIpc) is 2.70. The van der Waals surface area contributed by atoms with Crippen LogP contribution in [0.3, 0.4) is 0 Å². The molecule has 29 heavy (non-hydrogen) atoms. The summed E-state index contributed by atoms with van der Waals surface area (Å²) in [6.45, 7) is 6.37. The fourth-order valence-corrected chi connectivity index (χ4v) is 3.60. The van der Waals surface area contributed by atoms with Crippen molar-refractivity contribution in [2.75, 3.05) is 12.4 Å². The number of carbonyl (C=O) groups excluding carboxylic acids is 1. The highest BCUT2D eigenvalue weighted by atomic mass is 32.2. The lowest BCUT2D eigenvalue weighted by atomic mass is 10.1. The van der Waals surface area contributed by atoms with Crippen molar-refractivity contribution in [3.8, 4) is 11.5 Å². The van der Waals surface area contributed by atoms with Gasteiger partial charge in [0.2, 0.25) is 5.91 Å². The smallest absolute Gasteiger partial charge is 0.250 e. The molecule has 0 bridgehead atoms. The number of phenolic OH excluding ortho intramolecular Hbond substituents is 1. The molecule has 0 radical (unpaired) electrons. The molecule has 2 aromatic carbocycles. The molecule has 3 aromatic rings. The summed E-state index contributed by atoms with van der Waals surface area (Å²) in [5.41, 5.74) is 6.43. The van der Waals surface area contributed by atoms with E-state index in [0.29, 0.717) is 17.9 Å². The molecule has 150 valence electrons. The highest BCUT2D eigenvalue weighted by molar-refractivity contribution is 7.99. The molecule has 0 fully saturated rings. The number of para-hydroxylation sites is 1. The Morgan fingerprint density at radius 1 is 1.24 bits per heavy atom. The minimum atomic E-state index is -0.223. The minimum absolute atomic E-state index is 0.0675. The third-order valence-electron chi connectivity index (χ3n) is 4.26. The number of benzene rings is 2. The molecule has 0 saturated carbocycles. The zero-order chi connectivity index (χ0) is 20.8. The van der Waals surface area contributed by atoms with Gasteiger partial charge >= 0.3 is 0 Å². The zero-order valence-corrected chi connectivity index (χ0v) is 17.4. The molecule has 0 saturated heterocycles. The first kappa shape index (κ1) is 20.7. The van der Waals surface area contributed by atoms with Gasteiger partial charge in [-0.25, -0.2) is 10.4 Å². The zero-order valence-electron chi connectivity index (χ0n) is 16.6. The van der Waals surface area contributed by atoms with Crippen LogP contribution in [0.4, 0.5) is 0 Å². The monoisotopic (exact) mass is 409 g/mol. The Kier molecular flexibility index (Phi) is 6.72. The Morgan fingerprint density at radius 3 is 2.86 bits per heavy atom. The van der Waals surface area contributed by atoms with Crippen LogP contribution >= 0.6 is 11.8 Å². The highest BCUT2D eigenvalue weighted by Gasteiger charge is 2.08. The summed E-state index contributed by atoms with van der Waals surface area (Å²) >= 11 is 1.37. The molecule has 1 amide bonds. The molecule has 6 nitrogen and oxygen atoms in total. The molecule has 1 aromatic heterocycles. The van der Waals surface area contributed by atoms with Crippen molar-refractivity contribution in [2.45, 2.75) is 25.8 Å². The van der Waals surface area contributed by atoms with E-state index in [9.17, 15) is 9.90 Å². The number of ether oxygens (including phenoxy) is 1. The molecule has 0 aliphatic carbocycles. The van der Waals surface area contributed by atoms with E-state index in [1.54, 1.807) is 12.1 Å². The first-order valence-corrected chi connectivity index (χ1v) is 10.2. The quantitative estimate of drug-likeness (QED) is 0.347. The normalized spacial score (nSPS) is 11.1. The van der Waals surface area contributed by atoms with Gasteiger partial charge in [-0.05, 0) is 61.7 Å². The van der Waals surface area contributed by atoms with Crippen LogP contribution in [0, 0.1) is 13.8 Å². The predicted molar refractivity (Wildman–Crippen MR) is 117 cm³/mol. The highest BCUT2D eigenvalue weighted by Crippen LogP contribution is 2.26. The summed E-state index contributed by atoms with van der Waals surface area (Å²) in [5.74, 6) is 0.435. The third-order valence-corrected chi connectivity index (χ3v) is 5.17. The van der Waals surface area contributed by atoms with Gasteiger partial charge in [0.05, 0.1) is 29.1 Å². The van der Waals surface area contributed by atoms with Crippen molar-refractivity contribution >= 4 is 34.8 Å². The summed E-state index contributed by atoms with van der Waals surface area (Å²) in [4.78, 5) is 16.8. The van der Waals surface area contributed by atoms with Crippen LogP contribution in [-0.4, -0.2) is 34.6 Å². The lowest BCUT2D eigenvalue weighted by molar-refractivity contribution is -0.118. The summed E-state index contributed by atoms with van der Waals surface area (Å²) in [6.07, 6.45) is 1.51. The van der Waals surface area contributed by atoms with E-state index in [-0.39, 0.29) is 17.4 Å². The molecule has 0 aliphatic heterocycles. The van der Waals surface area contributed by atoms with Gasteiger partial charge < -0.3 is 9.84 Å². The van der Waals surface area contributed by atoms with Gasteiger partial charge in [-0.15, -0.1) is 0 Å². The number of hydrogen-bond acceptors (Lipinski definition) is 6. The Balaban J connectivity index is 1.59. The van der Waals surface area contributed by atoms with Crippen LogP contribution in [0.1, 0.15) is 23.6 Å². The van der Waals surface area contributed by atoms with Gasteiger partial charge in [0, 0.05) is 5.39 Å². The third kappa shape index (κ3) is 5.26. The van der Waals surface area contributed by atoms with E-state index in [2.05, 4.69) is 21.6 Å². The number of hydrazone groups is 1. The molecule has 0 aliphatic rings. The van der Waals surface area contributed by atoms with Gasteiger partial charge in [-0.3, -0.25) is 4.79 Å². The first-order chi connectivity index (χ1) is 14.0. The van der Waals surface area contributed by atoms with E-state index in [1.165, 1.54) is 24.0 Å². The van der Waals surface area contributed by atoms with E-state index >= 15 is 0 Å². The molecule has 0 spiro atoms. The number of fused-ring (bicyclic) bond motifs is 1. The Bertz CT molecular complexity index is 1070. The Hall–Kier alpha value is -3.06. The van der Waals surface area contributed by atoms with E-state index in [1.807, 2.05) is 39.0 Å². The van der Waals surface area contributed by atoms with Crippen molar-refractivity contribution in [3.05, 3.63) is 59.2 Å². The fraction of sp³-hybridized carbons (Fsp3) is 0.227. The number of aromatic nitrogens is 1. The Morgan fingerprint density at radius 2 is 2.07 bits per heavy atom. The van der Waals surface area contributed by atoms with Gasteiger partial charge in [0.25, 0.3) is 0 Å². The number of nitrogens with zero attached hydrogens (tertiary/aromatic N) is 2. The minimum Gasteiger partial charge on any atom is -0.504 e. The number of pyridine rings is 1. The largest absolute Gasteiger partial charge is 0.504 e. The molecule has 0 unspecified atom stereocenters. The van der Waals surface area contributed by atoms with Crippen LogP contribution < -0.4 is 10.2 Å². The molecule has 3 rings (SSSR count). The number of rotatable bonds is 7. The first-order valence-electron chi connectivity index (χ1n) is 9.25. The maximum atomic E-state index is 12.1. The Labute approximate surface area is 174 Å². The van der Waals surface area contributed by atoms with Crippen molar-refractivity contribution < 1.29 is 14.6 Å². The lowest BCUT2D eigenvalue weighted by Crippen LogP contribution is -2.19. The number of aryl methyl sites for hydroxylation is 2. The standard InChI is InChI=1S/C22H23N3O3S/c1-4-28-19-11-16(8-9-18(19)26)12-23-25-20(27)13-29-21-10-15(3)17-7-5-6-14(2)22(17)24-21/h5-12,26H,4,13H2,1-3H3,(H,25,27)/b23-12+. The average molecular weight is 410 g/mol. The molecule has 7 heteroatoms. The number of phenols is 1. The van der Waals surface area contributed by atoms with Gasteiger partial charge in [0.15, 0.2) is 11.5 Å². The SMILES string of the molecule is CCOc1cc(/C=N/NC(=O)CSc2cc(C)c3cccc(C)c3n2)ccc1O. The van der Waals surface area contributed by atoms with Gasteiger partial charge in [-0.1, -0.05) is 30.0 Å². The second-order valence-corrected chi connectivity index (χ2v) is 7.49. The molecule has 1 heterocycles. The second-order valence-electron chi connectivity index (χ2n) is 6.49. The van der Waals surface area contributed by atoms with Crippen LogP contribution in [0.15, 0.2) is 52.6 Å². The second kappa shape index (κ2) is 9.43. The van der Waals surface area contributed by atoms with E-state index in [0.717, 1.165) is 27.1 Å².